The Morgan fingerprint density at radius 2 is 1.38 bits per heavy atom. The fourth-order valence-corrected chi connectivity index (χ4v) is 2.32. The van der Waals surface area contributed by atoms with Crippen molar-refractivity contribution in [3.63, 3.8) is 0 Å². The highest BCUT2D eigenvalue weighted by Gasteiger charge is 2.12. The zero-order valence-corrected chi connectivity index (χ0v) is 11.9. The molecule has 0 aromatic heterocycles. The van der Waals surface area contributed by atoms with Crippen LogP contribution in [-0.2, 0) is 0 Å². The third kappa shape index (κ3) is 3.65. The lowest BCUT2D eigenvalue weighted by atomic mass is 10.0. The van der Waals surface area contributed by atoms with Gasteiger partial charge < -0.3 is 26.6 Å². The molecule has 0 saturated carbocycles. The molecule has 21 heavy (non-hydrogen) atoms. The summed E-state index contributed by atoms with van der Waals surface area (Å²) in [6, 6.07) is 13.2. The molecule has 2 aromatic carbocycles. The first-order valence-corrected chi connectivity index (χ1v) is 6.88. The largest absolute Gasteiger partial charge is 0.399 e. The lowest BCUT2D eigenvalue weighted by molar-refractivity contribution is 0.281. The van der Waals surface area contributed by atoms with Crippen LogP contribution in [0.15, 0.2) is 42.5 Å². The van der Waals surface area contributed by atoms with Gasteiger partial charge in [-0.15, -0.1) is 0 Å². The molecule has 0 aliphatic heterocycles. The monoisotopic (exact) mass is 287 g/mol. The average molecular weight is 287 g/mol. The van der Waals surface area contributed by atoms with Gasteiger partial charge in [0.25, 0.3) is 0 Å². The molecule has 0 heterocycles. The number of hydrogen-bond donors (Lipinski definition) is 4. The molecule has 112 valence electrons. The van der Waals surface area contributed by atoms with E-state index in [0.717, 1.165) is 16.8 Å². The molecule has 0 spiro atoms. The van der Waals surface area contributed by atoms with Crippen LogP contribution in [0.3, 0.4) is 0 Å². The second-order valence-electron chi connectivity index (χ2n) is 4.83. The van der Waals surface area contributed by atoms with Gasteiger partial charge in [-0.1, -0.05) is 12.1 Å². The molecule has 0 bridgehead atoms. The van der Waals surface area contributed by atoms with Crippen molar-refractivity contribution in [2.45, 2.75) is 0 Å². The van der Waals surface area contributed by atoms with Crippen molar-refractivity contribution in [2.24, 2.45) is 0 Å². The van der Waals surface area contributed by atoms with Gasteiger partial charge in [-0.25, -0.2) is 0 Å². The van der Waals surface area contributed by atoms with Crippen molar-refractivity contribution in [3.05, 3.63) is 42.5 Å². The van der Waals surface area contributed by atoms with Gasteiger partial charge in [-0.05, 0) is 35.9 Å². The molecule has 2 aromatic rings. The van der Waals surface area contributed by atoms with E-state index in [4.69, 9.17) is 11.5 Å². The van der Waals surface area contributed by atoms with Crippen LogP contribution >= 0.6 is 0 Å². The van der Waals surface area contributed by atoms with Crippen LogP contribution in [0.25, 0.3) is 11.1 Å². The summed E-state index contributed by atoms with van der Waals surface area (Å²) in [7, 11) is 0. The van der Waals surface area contributed by atoms with Gasteiger partial charge in [0.2, 0.25) is 0 Å². The minimum atomic E-state index is 0.0194. The van der Waals surface area contributed by atoms with Crippen LogP contribution in [0.4, 0.5) is 17.1 Å². The van der Waals surface area contributed by atoms with Gasteiger partial charge in [0, 0.05) is 35.7 Å². The number of hydrogen-bond acceptors (Lipinski definition) is 5. The maximum absolute atomic E-state index is 9.21. The summed E-state index contributed by atoms with van der Waals surface area (Å²) in [5.41, 5.74) is 15.9. The van der Waals surface area contributed by atoms with Gasteiger partial charge in [0.1, 0.15) is 0 Å². The number of aliphatic hydroxyl groups excluding tert-OH is 2. The van der Waals surface area contributed by atoms with Crippen LogP contribution in [0.5, 0.6) is 0 Å². The Morgan fingerprint density at radius 3 is 1.95 bits per heavy atom. The van der Waals surface area contributed by atoms with Crippen molar-refractivity contribution < 1.29 is 10.2 Å². The summed E-state index contributed by atoms with van der Waals surface area (Å²) in [6.07, 6.45) is 0. The van der Waals surface area contributed by atoms with Gasteiger partial charge in [-0.2, -0.15) is 0 Å². The lowest BCUT2D eigenvalue weighted by Crippen LogP contribution is -2.30. The highest BCUT2D eigenvalue weighted by Crippen LogP contribution is 2.33. The Balaban J connectivity index is 2.47. The quantitative estimate of drug-likeness (QED) is 0.601. The second-order valence-corrected chi connectivity index (χ2v) is 4.83. The van der Waals surface area contributed by atoms with E-state index in [9.17, 15) is 10.2 Å². The smallest absolute Gasteiger partial charge is 0.0606 e. The van der Waals surface area contributed by atoms with Gasteiger partial charge in [-0.3, -0.25) is 0 Å². The highest BCUT2D eigenvalue weighted by atomic mass is 16.3. The Hall–Kier alpha value is -2.24. The van der Waals surface area contributed by atoms with E-state index in [1.165, 1.54) is 0 Å². The molecular formula is C16H21N3O2. The van der Waals surface area contributed by atoms with Gasteiger partial charge in [0.05, 0.1) is 13.2 Å². The number of nitrogen functional groups attached to an aromatic ring is 2. The number of aliphatic hydroxyl groups is 2. The fourth-order valence-electron chi connectivity index (χ4n) is 2.32. The van der Waals surface area contributed by atoms with E-state index >= 15 is 0 Å². The number of benzene rings is 2. The molecule has 0 aliphatic rings. The van der Waals surface area contributed by atoms with Crippen molar-refractivity contribution >= 4 is 17.1 Å². The molecular weight excluding hydrogens is 266 g/mol. The molecule has 5 nitrogen and oxygen atoms in total. The predicted octanol–water partition coefficient (Wildman–Crippen LogP) is 1.31. The Labute approximate surface area is 124 Å². The Bertz CT molecular complexity index is 579. The Kier molecular flexibility index (Phi) is 5.03. The summed E-state index contributed by atoms with van der Waals surface area (Å²) >= 11 is 0. The molecule has 0 amide bonds. The predicted molar refractivity (Wildman–Crippen MR) is 87.1 cm³/mol. The molecule has 0 unspecified atom stereocenters. The molecule has 0 fully saturated rings. The third-order valence-corrected chi connectivity index (χ3v) is 3.32. The first kappa shape index (κ1) is 15.2. The van der Waals surface area contributed by atoms with Crippen LogP contribution in [0, 0.1) is 0 Å². The third-order valence-electron chi connectivity index (χ3n) is 3.32. The zero-order valence-electron chi connectivity index (χ0n) is 11.9. The lowest BCUT2D eigenvalue weighted by Gasteiger charge is -2.26. The number of rotatable bonds is 6. The topological polar surface area (TPSA) is 95.7 Å². The van der Waals surface area contributed by atoms with Crippen LogP contribution in [0.2, 0.25) is 0 Å². The minimum Gasteiger partial charge on any atom is -0.399 e. The van der Waals surface area contributed by atoms with E-state index in [1.54, 1.807) is 0 Å². The minimum absolute atomic E-state index is 0.0194. The molecule has 0 saturated heterocycles. The summed E-state index contributed by atoms with van der Waals surface area (Å²) in [5.74, 6) is 0. The average Bonchev–Trinajstić information content (AvgIpc) is 2.48. The fraction of sp³-hybridized carbons (Fsp3) is 0.250. The molecule has 5 heteroatoms. The van der Waals surface area contributed by atoms with E-state index in [2.05, 4.69) is 0 Å². The van der Waals surface area contributed by atoms with Crippen LogP contribution in [-0.4, -0.2) is 36.5 Å². The van der Waals surface area contributed by atoms with Gasteiger partial charge >= 0.3 is 0 Å². The van der Waals surface area contributed by atoms with Crippen molar-refractivity contribution in [1.82, 2.24) is 0 Å². The van der Waals surface area contributed by atoms with Crippen molar-refractivity contribution in [2.75, 3.05) is 42.7 Å². The van der Waals surface area contributed by atoms with E-state index in [0.29, 0.717) is 24.5 Å². The van der Waals surface area contributed by atoms with Crippen LogP contribution in [0.1, 0.15) is 0 Å². The zero-order chi connectivity index (χ0) is 15.2. The number of nitrogens with two attached hydrogens (primary N) is 2. The number of anilines is 3. The SMILES string of the molecule is Nc1ccc(-c2cc(N)ccc2N(CCO)CCO)cc1. The van der Waals surface area contributed by atoms with E-state index < -0.39 is 0 Å². The normalized spacial score (nSPS) is 10.6. The molecule has 0 aliphatic carbocycles. The maximum atomic E-state index is 9.21. The summed E-state index contributed by atoms with van der Waals surface area (Å²) in [6.45, 7) is 0.940. The number of nitrogens with zero attached hydrogens (tertiary/aromatic N) is 1. The first-order chi connectivity index (χ1) is 10.2. The van der Waals surface area contributed by atoms with Crippen LogP contribution < -0.4 is 16.4 Å². The highest BCUT2D eigenvalue weighted by molar-refractivity contribution is 5.82. The summed E-state index contributed by atoms with van der Waals surface area (Å²) < 4.78 is 0. The Morgan fingerprint density at radius 1 is 0.810 bits per heavy atom. The summed E-state index contributed by atoms with van der Waals surface area (Å²) in [4.78, 5) is 1.94. The maximum Gasteiger partial charge on any atom is 0.0606 e. The van der Waals surface area contributed by atoms with E-state index in [1.807, 2.05) is 47.4 Å². The molecule has 0 radical (unpaired) electrons. The standard InChI is InChI=1S/C16H21N3O2/c17-13-3-1-12(2-4-13)15-11-14(18)5-6-16(15)19(7-9-20)8-10-21/h1-6,11,20-21H,7-10,17-18H2. The molecule has 2 rings (SSSR count). The molecule has 6 N–H and O–H groups in total. The van der Waals surface area contributed by atoms with Crippen molar-refractivity contribution in [3.8, 4) is 11.1 Å². The van der Waals surface area contributed by atoms with E-state index in [-0.39, 0.29) is 13.2 Å². The van der Waals surface area contributed by atoms with Crippen molar-refractivity contribution in [1.29, 1.82) is 0 Å². The molecule has 0 atom stereocenters. The summed E-state index contributed by atoms with van der Waals surface area (Å²) in [5, 5.41) is 18.4. The second kappa shape index (κ2) is 6.97. The first-order valence-electron chi connectivity index (χ1n) is 6.88. The van der Waals surface area contributed by atoms with Gasteiger partial charge in [0.15, 0.2) is 0 Å².